The number of thiazole rings is 1. The standard InChI is InChI=1S/C22H25N3O3S2/c1-16(22-23-19-10-6-7-11-20(19)29-22)24(2)14-21(26)25(17-8-4-3-5-9-17)18-12-13-30(27,28)15-18/h3-11,16,18H,12-15H2,1-2H3/t16-,18+/m1/s1. The van der Waals surface area contributed by atoms with Crippen molar-refractivity contribution in [2.75, 3.05) is 30.0 Å². The molecule has 1 aliphatic heterocycles. The summed E-state index contributed by atoms with van der Waals surface area (Å²) in [6, 6.07) is 17.0. The number of benzene rings is 2. The molecule has 6 nitrogen and oxygen atoms in total. The van der Waals surface area contributed by atoms with E-state index in [1.54, 1.807) is 16.2 Å². The average molecular weight is 444 g/mol. The van der Waals surface area contributed by atoms with Crippen LogP contribution in [0.1, 0.15) is 24.4 Å². The number of anilines is 1. The molecule has 0 unspecified atom stereocenters. The van der Waals surface area contributed by atoms with Crippen molar-refractivity contribution in [1.82, 2.24) is 9.88 Å². The molecule has 1 fully saturated rings. The van der Waals surface area contributed by atoms with Crippen molar-refractivity contribution < 1.29 is 13.2 Å². The Bertz CT molecular complexity index is 1110. The lowest BCUT2D eigenvalue weighted by molar-refractivity contribution is -0.120. The molecule has 30 heavy (non-hydrogen) atoms. The van der Waals surface area contributed by atoms with Gasteiger partial charge in [0.25, 0.3) is 0 Å². The summed E-state index contributed by atoms with van der Waals surface area (Å²) in [5.74, 6) is 0.0514. The molecule has 1 amide bonds. The molecule has 2 aromatic carbocycles. The third-order valence-corrected chi connectivity index (χ3v) is 8.55. The van der Waals surface area contributed by atoms with Gasteiger partial charge in [0.05, 0.1) is 40.4 Å². The van der Waals surface area contributed by atoms with Crippen LogP contribution in [0.2, 0.25) is 0 Å². The molecule has 0 saturated carbocycles. The second kappa shape index (κ2) is 8.45. The zero-order chi connectivity index (χ0) is 21.3. The highest BCUT2D eigenvalue weighted by Crippen LogP contribution is 2.30. The van der Waals surface area contributed by atoms with Crippen LogP contribution >= 0.6 is 11.3 Å². The van der Waals surface area contributed by atoms with Crippen LogP contribution in [0.3, 0.4) is 0 Å². The van der Waals surface area contributed by atoms with E-state index in [2.05, 4.69) is 0 Å². The summed E-state index contributed by atoms with van der Waals surface area (Å²) in [5, 5.41) is 0.959. The lowest BCUT2D eigenvalue weighted by atomic mass is 10.1. The molecule has 3 aromatic rings. The van der Waals surface area contributed by atoms with E-state index in [-0.39, 0.29) is 36.0 Å². The highest BCUT2D eigenvalue weighted by atomic mass is 32.2. The second-order valence-electron chi connectivity index (χ2n) is 7.77. The Balaban J connectivity index is 1.54. The zero-order valence-corrected chi connectivity index (χ0v) is 18.7. The number of likely N-dealkylation sites (N-methyl/N-ethyl adjacent to an activating group) is 1. The molecule has 8 heteroatoms. The Morgan fingerprint density at radius 3 is 2.53 bits per heavy atom. The van der Waals surface area contributed by atoms with E-state index < -0.39 is 9.84 Å². The van der Waals surface area contributed by atoms with Crippen molar-refractivity contribution in [3.63, 3.8) is 0 Å². The molecule has 1 aliphatic rings. The van der Waals surface area contributed by atoms with E-state index in [4.69, 9.17) is 4.98 Å². The van der Waals surface area contributed by atoms with E-state index in [9.17, 15) is 13.2 Å². The van der Waals surface area contributed by atoms with E-state index in [1.807, 2.05) is 73.5 Å². The van der Waals surface area contributed by atoms with Gasteiger partial charge < -0.3 is 4.90 Å². The number of para-hydroxylation sites is 2. The van der Waals surface area contributed by atoms with Gasteiger partial charge in [0.2, 0.25) is 5.91 Å². The van der Waals surface area contributed by atoms with Gasteiger partial charge in [0.15, 0.2) is 9.84 Å². The van der Waals surface area contributed by atoms with Gasteiger partial charge in [-0.3, -0.25) is 9.69 Å². The minimum Gasteiger partial charge on any atom is -0.307 e. The molecular weight excluding hydrogens is 418 g/mol. The number of amides is 1. The van der Waals surface area contributed by atoms with Crippen LogP contribution in [0.5, 0.6) is 0 Å². The van der Waals surface area contributed by atoms with Crippen molar-refractivity contribution in [3.05, 3.63) is 59.6 Å². The van der Waals surface area contributed by atoms with Crippen LogP contribution in [-0.2, 0) is 14.6 Å². The molecule has 0 aliphatic carbocycles. The van der Waals surface area contributed by atoms with Gasteiger partial charge in [-0.05, 0) is 44.7 Å². The summed E-state index contributed by atoms with van der Waals surface area (Å²) in [4.78, 5) is 21.7. The Hall–Kier alpha value is -2.29. The first-order valence-corrected chi connectivity index (χ1v) is 12.6. The summed E-state index contributed by atoms with van der Waals surface area (Å²) in [7, 11) is -1.19. The van der Waals surface area contributed by atoms with Gasteiger partial charge in [-0.2, -0.15) is 0 Å². The molecule has 0 radical (unpaired) electrons. The van der Waals surface area contributed by atoms with E-state index in [0.29, 0.717) is 6.42 Å². The first-order valence-electron chi connectivity index (χ1n) is 9.97. The first kappa shape index (κ1) is 21.0. The molecule has 1 saturated heterocycles. The Labute approximate surface area is 181 Å². The number of carbonyl (C=O) groups excluding carboxylic acids is 1. The summed E-state index contributed by atoms with van der Waals surface area (Å²) < 4.78 is 25.2. The van der Waals surface area contributed by atoms with E-state index in [1.165, 1.54) is 0 Å². The smallest absolute Gasteiger partial charge is 0.241 e. The molecule has 0 spiro atoms. The van der Waals surface area contributed by atoms with E-state index >= 15 is 0 Å². The monoisotopic (exact) mass is 443 g/mol. The quantitative estimate of drug-likeness (QED) is 0.583. The topological polar surface area (TPSA) is 70.6 Å². The van der Waals surface area contributed by atoms with Gasteiger partial charge in [-0.15, -0.1) is 11.3 Å². The number of hydrogen-bond acceptors (Lipinski definition) is 6. The van der Waals surface area contributed by atoms with Gasteiger partial charge in [0.1, 0.15) is 5.01 Å². The highest BCUT2D eigenvalue weighted by molar-refractivity contribution is 7.91. The SMILES string of the molecule is C[C@H](c1nc2ccccc2s1)N(C)CC(=O)N(c1ccccc1)[C@H]1CCS(=O)(=O)C1. The summed E-state index contributed by atoms with van der Waals surface area (Å²) in [6.07, 6.45) is 0.472. The number of aromatic nitrogens is 1. The van der Waals surface area contributed by atoms with Crippen molar-refractivity contribution in [2.45, 2.75) is 25.4 Å². The molecule has 0 N–H and O–H groups in total. The van der Waals surface area contributed by atoms with Gasteiger partial charge in [0, 0.05) is 5.69 Å². The van der Waals surface area contributed by atoms with Gasteiger partial charge in [-0.25, -0.2) is 13.4 Å². The Morgan fingerprint density at radius 1 is 1.17 bits per heavy atom. The third-order valence-electron chi connectivity index (χ3n) is 5.59. The highest BCUT2D eigenvalue weighted by Gasteiger charge is 2.36. The van der Waals surface area contributed by atoms with Crippen LogP contribution in [0.25, 0.3) is 10.2 Å². The molecule has 0 bridgehead atoms. The lowest BCUT2D eigenvalue weighted by Gasteiger charge is -2.31. The van der Waals surface area contributed by atoms with Crippen LogP contribution in [0.15, 0.2) is 54.6 Å². The number of rotatable bonds is 6. The minimum absolute atomic E-state index is 0.0186. The van der Waals surface area contributed by atoms with Crippen LogP contribution in [0, 0.1) is 0 Å². The van der Waals surface area contributed by atoms with Crippen molar-refractivity contribution in [1.29, 1.82) is 0 Å². The van der Waals surface area contributed by atoms with E-state index in [0.717, 1.165) is 20.9 Å². The van der Waals surface area contributed by atoms with Crippen LogP contribution < -0.4 is 4.90 Å². The third kappa shape index (κ3) is 4.40. The summed E-state index contributed by atoms with van der Waals surface area (Å²) >= 11 is 1.63. The normalized spacial score (nSPS) is 19.2. The number of fused-ring (bicyclic) bond motifs is 1. The van der Waals surface area contributed by atoms with Crippen LogP contribution in [-0.4, -0.2) is 55.3 Å². The fourth-order valence-electron chi connectivity index (χ4n) is 3.81. The Kier molecular flexibility index (Phi) is 5.90. The van der Waals surface area contributed by atoms with Gasteiger partial charge in [-0.1, -0.05) is 30.3 Å². The minimum atomic E-state index is -3.10. The predicted octanol–water partition coefficient (Wildman–Crippen LogP) is 3.51. The number of nitrogens with zero attached hydrogens (tertiary/aromatic N) is 3. The summed E-state index contributed by atoms with van der Waals surface area (Å²) in [6.45, 7) is 2.22. The molecule has 2 heterocycles. The average Bonchev–Trinajstić information content (AvgIpc) is 3.31. The number of carbonyl (C=O) groups is 1. The summed E-state index contributed by atoms with van der Waals surface area (Å²) in [5.41, 5.74) is 1.71. The first-order chi connectivity index (χ1) is 14.3. The predicted molar refractivity (Wildman–Crippen MR) is 122 cm³/mol. The second-order valence-corrected chi connectivity index (χ2v) is 11.1. The molecule has 4 rings (SSSR count). The number of hydrogen-bond donors (Lipinski definition) is 0. The van der Waals surface area contributed by atoms with Gasteiger partial charge >= 0.3 is 0 Å². The van der Waals surface area contributed by atoms with Crippen molar-refractivity contribution in [3.8, 4) is 0 Å². The van der Waals surface area contributed by atoms with Crippen LogP contribution in [0.4, 0.5) is 5.69 Å². The fraction of sp³-hybridized carbons (Fsp3) is 0.364. The molecule has 2 atom stereocenters. The lowest BCUT2D eigenvalue weighted by Crippen LogP contribution is -2.46. The largest absolute Gasteiger partial charge is 0.307 e. The van der Waals surface area contributed by atoms with Crippen molar-refractivity contribution >= 4 is 43.0 Å². The molecular formula is C22H25N3O3S2. The maximum Gasteiger partial charge on any atom is 0.241 e. The Morgan fingerprint density at radius 2 is 1.87 bits per heavy atom. The maximum absolute atomic E-state index is 13.3. The zero-order valence-electron chi connectivity index (χ0n) is 17.1. The molecule has 1 aromatic heterocycles. The number of sulfone groups is 1. The van der Waals surface area contributed by atoms with Crippen molar-refractivity contribution in [2.24, 2.45) is 0 Å². The maximum atomic E-state index is 13.3. The fourth-order valence-corrected chi connectivity index (χ4v) is 6.59. The molecule has 158 valence electrons.